The maximum Gasteiger partial charge on any atom is 0.161 e. The molecule has 0 fully saturated rings. The molecule has 0 bridgehead atoms. The molecule has 2 nitrogen and oxygen atoms in total. The molecule has 1 aromatic rings. The summed E-state index contributed by atoms with van der Waals surface area (Å²) in [5.41, 5.74) is 1.34. The van der Waals surface area contributed by atoms with Crippen LogP contribution in [0.1, 0.15) is 65.9 Å². The first-order valence-electron chi connectivity index (χ1n) is 7.99. The predicted molar refractivity (Wildman–Crippen MR) is 85.8 cm³/mol. The van der Waals surface area contributed by atoms with Crippen LogP contribution in [-0.2, 0) is 6.42 Å². The SMILES string of the molecule is CCCCCCc1ccc(OC(C)C)c(OC(C)C)c1. The first kappa shape index (κ1) is 16.9. The lowest BCUT2D eigenvalue weighted by molar-refractivity contribution is 0.198. The van der Waals surface area contributed by atoms with E-state index in [1.165, 1.54) is 31.2 Å². The van der Waals surface area contributed by atoms with Gasteiger partial charge in [-0.3, -0.25) is 0 Å². The summed E-state index contributed by atoms with van der Waals surface area (Å²) < 4.78 is 11.7. The van der Waals surface area contributed by atoms with Crippen LogP contribution in [0.15, 0.2) is 18.2 Å². The molecule has 0 unspecified atom stereocenters. The van der Waals surface area contributed by atoms with Gasteiger partial charge in [0.05, 0.1) is 12.2 Å². The van der Waals surface area contributed by atoms with Crippen LogP contribution in [0.4, 0.5) is 0 Å². The number of unbranched alkanes of at least 4 members (excludes halogenated alkanes) is 3. The summed E-state index contributed by atoms with van der Waals surface area (Å²) in [7, 11) is 0. The van der Waals surface area contributed by atoms with Gasteiger partial charge in [0.2, 0.25) is 0 Å². The summed E-state index contributed by atoms with van der Waals surface area (Å²) >= 11 is 0. The molecule has 0 N–H and O–H groups in total. The number of aryl methyl sites for hydroxylation is 1. The Hall–Kier alpha value is -1.18. The summed E-state index contributed by atoms with van der Waals surface area (Å²) in [6.45, 7) is 10.4. The average molecular weight is 278 g/mol. The Balaban J connectivity index is 2.73. The van der Waals surface area contributed by atoms with Crippen LogP contribution in [0.2, 0.25) is 0 Å². The van der Waals surface area contributed by atoms with Crippen molar-refractivity contribution in [1.82, 2.24) is 0 Å². The van der Waals surface area contributed by atoms with E-state index in [-0.39, 0.29) is 12.2 Å². The van der Waals surface area contributed by atoms with Gasteiger partial charge in [0, 0.05) is 0 Å². The van der Waals surface area contributed by atoms with Crippen LogP contribution in [0.3, 0.4) is 0 Å². The molecule has 0 aliphatic carbocycles. The highest BCUT2D eigenvalue weighted by Gasteiger charge is 2.10. The van der Waals surface area contributed by atoms with Gasteiger partial charge >= 0.3 is 0 Å². The lowest BCUT2D eigenvalue weighted by atomic mass is 10.1. The van der Waals surface area contributed by atoms with E-state index in [9.17, 15) is 0 Å². The van der Waals surface area contributed by atoms with Gasteiger partial charge in [0.25, 0.3) is 0 Å². The van der Waals surface area contributed by atoms with Crippen LogP contribution in [0.25, 0.3) is 0 Å². The fourth-order valence-corrected chi connectivity index (χ4v) is 2.16. The molecule has 0 spiro atoms. The zero-order chi connectivity index (χ0) is 15.0. The Morgan fingerprint density at radius 2 is 1.50 bits per heavy atom. The Bertz CT molecular complexity index is 383. The van der Waals surface area contributed by atoms with Gasteiger partial charge in [-0.2, -0.15) is 0 Å². The molecule has 0 amide bonds. The Labute approximate surface area is 124 Å². The molecule has 20 heavy (non-hydrogen) atoms. The molecule has 0 aliphatic heterocycles. The standard InChI is InChI=1S/C18H30O2/c1-6-7-8-9-10-16-11-12-17(19-14(2)3)18(13-16)20-15(4)5/h11-15H,6-10H2,1-5H3. The summed E-state index contributed by atoms with van der Waals surface area (Å²) in [6.07, 6.45) is 6.61. The second kappa shape index (κ2) is 8.89. The first-order chi connectivity index (χ1) is 9.52. The van der Waals surface area contributed by atoms with Crippen LogP contribution in [0.5, 0.6) is 11.5 Å². The Kier molecular flexibility index (Phi) is 7.50. The Morgan fingerprint density at radius 3 is 2.10 bits per heavy atom. The molecular weight excluding hydrogens is 248 g/mol. The van der Waals surface area contributed by atoms with E-state index >= 15 is 0 Å². The number of rotatable bonds is 9. The van der Waals surface area contributed by atoms with Crippen molar-refractivity contribution in [3.05, 3.63) is 23.8 Å². The molecular formula is C18H30O2. The van der Waals surface area contributed by atoms with Crippen molar-refractivity contribution in [2.45, 2.75) is 78.9 Å². The monoisotopic (exact) mass is 278 g/mol. The van der Waals surface area contributed by atoms with E-state index in [1.54, 1.807) is 0 Å². The highest BCUT2D eigenvalue weighted by atomic mass is 16.5. The normalized spacial score (nSPS) is 11.2. The highest BCUT2D eigenvalue weighted by Crippen LogP contribution is 2.30. The van der Waals surface area contributed by atoms with Crippen molar-refractivity contribution >= 4 is 0 Å². The molecule has 0 heterocycles. The number of hydrogen-bond acceptors (Lipinski definition) is 2. The molecule has 114 valence electrons. The van der Waals surface area contributed by atoms with Crippen molar-refractivity contribution in [1.29, 1.82) is 0 Å². The van der Waals surface area contributed by atoms with E-state index < -0.39 is 0 Å². The van der Waals surface area contributed by atoms with Gasteiger partial charge in [0.15, 0.2) is 11.5 Å². The van der Waals surface area contributed by atoms with Gasteiger partial charge in [0.1, 0.15) is 0 Å². The average Bonchev–Trinajstić information content (AvgIpc) is 2.36. The van der Waals surface area contributed by atoms with Gasteiger partial charge in [-0.1, -0.05) is 32.3 Å². The summed E-state index contributed by atoms with van der Waals surface area (Å²) in [4.78, 5) is 0. The molecule has 1 rings (SSSR count). The largest absolute Gasteiger partial charge is 0.487 e. The minimum Gasteiger partial charge on any atom is -0.487 e. The molecule has 0 saturated heterocycles. The lowest BCUT2D eigenvalue weighted by Gasteiger charge is -2.18. The summed E-state index contributed by atoms with van der Waals surface area (Å²) in [5.74, 6) is 1.73. The number of hydrogen-bond donors (Lipinski definition) is 0. The van der Waals surface area contributed by atoms with Gasteiger partial charge in [-0.15, -0.1) is 0 Å². The maximum absolute atomic E-state index is 5.89. The Morgan fingerprint density at radius 1 is 0.850 bits per heavy atom. The van der Waals surface area contributed by atoms with E-state index in [1.807, 2.05) is 33.8 Å². The molecule has 1 aromatic carbocycles. The highest BCUT2D eigenvalue weighted by molar-refractivity contribution is 5.43. The van der Waals surface area contributed by atoms with Gasteiger partial charge in [-0.25, -0.2) is 0 Å². The molecule has 0 atom stereocenters. The van der Waals surface area contributed by atoms with Crippen molar-refractivity contribution in [2.75, 3.05) is 0 Å². The molecule has 0 aliphatic rings. The lowest BCUT2D eigenvalue weighted by Crippen LogP contribution is -2.11. The van der Waals surface area contributed by atoms with Crippen LogP contribution in [0, 0.1) is 0 Å². The minimum absolute atomic E-state index is 0.167. The van der Waals surface area contributed by atoms with Crippen LogP contribution in [-0.4, -0.2) is 12.2 Å². The van der Waals surface area contributed by atoms with Crippen molar-refractivity contribution in [3.63, 3.8) is 0 Å². The second-order valence-electron chi connectivity index (χ2n) is 5.92. The molecule has 0 radical (unpaired) electrons. The van der Waals surface area contributed by atoms with Crippen LogP contribution < -0.4 is 9.47 Å². The molecule has 0 aromatic heterocycles. The first-order valence-corrected chi connectivity index (χ1v) is 7.99. The smallest absolute Gasteiger partial charge is 0.161 e. The third kappa shape index (κ3) is 6.31. The maximum atomic E-state index is 5.89. The second-order valence-corrected chi connectivity index (χ2v) is 5.92. The van der Waals surface area contributed by atoms with Gasteiger partial charge in [-0.05, 0) is 58.2 Å². The van der Waals surface area contributed by atoms with Crippen molar-refractivity contribution < 1.29 is 9.47 Å². The van der Waals surface area contributed by atoms with E-state index in [0.717, 1.165) is 17.9 Å². The topological polar surface area (TPSA) is 18.5 Å². The quantitative estimate of drug-likeness (QED) is 0.564. The third-order valence-electron chi connectivity index (χ3n) is 3.05. The van der Waals surface area contributed by atoms with E-state index in [4.69, 9.17) is 9.47 Å². The van der Waals surface area contributed by atoms with Crippen molar-refractivity contribution in [2.24, 2.45) is 0 Å². The van der Waals surface area contributed by atoms with Crippen molar-refractivity contribution in [3.8, 4) is 11.5 Å². The van der Waals surface area contributed by atoms with Crippen LogP contribution >= 0.6 is 0 Å². The molecule has 0 saturated carbocycles. The third-order valence-corrected chi connectivity index (χ3v) is 3.05. The fraction of sp³-hybridized carbons (Fsp3) is 0.667. The number of ether oxygens (including phenoxy) is 2. The van der Waals surface area contributed by atoms with Gasteiger partial charge < -0.3 is 9.47 Å². The predicted octanol–water partition coefficient (Wildman–Crippen LogP) is 5.38. The zero-order valence-electron chi connectivity index (χ0n) is 13.7. The molecule has 2 heteroatoms. The minimum atomic E-state index is 0.167. The summed E-state index contributed by atoms with van der Waals surface area (Å²) in [5, 5.41) is 0. The van der Waals surface area contributed by atoms with E-state index in [0.29, 0.717) is 0 Å². The zero-order valence-corrected chi connectivity index (χ0v) is 13.7. The number of benzene rings is 1. The fourth-order valence-electron chi connectivity index (χ4n) is 2.16. The summed E-state index contributed by atoms with van der Waals surface area (Å²) in [6, 6.07) is 6.35. The van der Waals surface area contributed by atoms with E-state index in [2.05, 4.69) is 19.1 Å².